The van der Waals surface area contributed by atoms with Crippen molar-refractivity contribution in [2.45, 2.75) is 47.5 Å². The van der Waals surface area contributed by atoms with E-state index in [4.69, 9.17) is 4.74 Å². The lowest BCUT2D eigenvalue weighted by Gasteiger charge is -2.40. The maximum Gasteiger partial charge on any atom is 0.312 e. The second-order valence-electron chi connectivity index (χ2n) is 4.41. The van der Waals surface area contributed by atoms with Crippen LogP contribution in [-0.4, -0.2) is 13.1 Å². The third-order valence-corrected chi connectivity index (χ3v) is 3.72. The van der Waals surface area contributed by atoms with Crippen molar-refractivity contribution >= 4 is 5.97 Å². The topological polar surface area (TPSA) is 26.3 Å². The molecule has 0 amide bonds. The average molecular weight is 186 g/mol. The van der Waals surface area contributed by atoms with E-state index in [9.17, 15) is 4.79 Å². The van der Waals surface area contributed by atoms with Gasteiger partial charge in [-0.05, 0) is 25.2 Å². The van der Waals surface area contributed by atoms with Crippen molar-refractivity contribution in [2.24, 2.45) is 10.8 Å². The Morgan fingerprint density at radius 3 is 1.85 bits per heavy atom. The summed E-state index contributed by atoms with van der Waals surface area (Å²) in [7, 11) is 1.46. The normalized spacial score (nSPS) is 16.5. The molecule has 0 fully saturated rings. The average Bonchev–Trinajstić information content (AvgIpc) is 2.14. The SMILES string of the molecule is CCC(C)(C)C(C)(CC)C(=O)OC. The monoisotopic (exact) mass is 186 g/mol. The van der Waals surface area contributed by atoms with Crippen molar-refractivity contribution in [3.05, 3.63) is 0 Å². The van der Waals surface area contributed by atoms with Gasteiger partial charge in [0, 0.05) is 0 Å². The molecule has 2 heteroatoms. The third-order valence-electron chi connectivity index (χ3n) is 3.72. The number of esters is 1. The van der Waals surface area contributed by atoms with Crippen molar-refractivity contribution in [3.8, 4) is 0 Å². The summed E-state index contributed by atoms with van der Waals surface area (Å²) in [5.74, 6) is -0.0955. The summed E-state index contributed by atoms with van der Waals surface area (Å²) in [5, 5.41) is 0. The molecule has 0 bridgehead atoms. The highest BCUT2D eigenvalue weighted by atomic mass is 16.5. The van der Waals surface area contributed by atoms with Crippen LogP contribution in [0, 0.1) is 10.8 Å². The van der Waals surface area contributed by atoms with E-state index in [1.165, 1.54) is 7.11 Å². The van der Waals surface area contributed by atoms with Crippen molar-refractivity contribution < 1.29 is 9.53 Å². The zero-order valence-corrected chi connectivity index (χ0v) is 9.73. The fourth-order valence-corrected chi connectivity index (χ4v) is 1.51. The smallest absolute Gasteiger partial charge is 0.312 e. The van der Waals surface area contributed by atoms with Gasteiger partial charge in [-0.15, -0.1) is 0 Å². The second kappa shape index (κ2) is 4.12. The summed E-state index contributed by atoms with van der Waals surface area (Å²) in [4.78, 5) is 11.6. The van der Waals surface area contributed by atoms with Crippen molar-refractivity contribution in [2.75, 3.05) is 7.11 Å². The molecule has 78 valence electrons. The van der Waals surface area contributed by atoms with E-state index in [0.29, 0.717) is 0 Å². The lowest BCUT2D eigenvalue weighted by molar-refractivity contribution is -0.160. The molecule has 0 aliphatic carbocycles. The molecular formula is C11H22O2. The molecule has 0 rings (SSSR count). The summed E-state index contributed by atoms with van der Waals surface area (Å²) in [5.41, 5.74) is -0.370. The van der Waals surface area contributed by atoms with Gasteiger partial charge in [-0.1, -0.05) is 27.7 Å². The van der Waals surface area contributed by atoms with E-state index in [1.807, 2.05) is 13.8 Å². The van der Waals surface area contributed by atoms with Gasteiger partial charge in [-0.3, -0.25) is 4.79 Å². The number of carbonyl (C=O) groups excluding carboxylic acids is 1. The zero-order valence-electron chi connectivity index (χ0n) is 9.73. The molecule has 0 heterocycles. The Labute approximate surface area is 81.7 Å². The summed E-state index contributed by atoms with van der Waals surface area (Å²) in [6.07, 6.45) is 1.80. The molecule has 0 saturated carbocycles. The first kappa shape index (κ1) is 12.5. The lowest BCUT2D eigenvalue weighted by Crippen LogP contribution is -2.42. The first-order valence-electron chi connectivity index (χ1n) is 4.94. The molecule has 0 aromatic carbocycles. The van der Waals surface area contributed by atoms with Crippen molar-refractivity contribution in [1.29, 1.82) is 0 Å². The van der Waals surface area contributed by atoms with Gasteiger partial charge in [0.2, 0.25) is 0 Å². The number of carbonyl (C=O) groups is 1. The number of methoxy groups -OCH3 is 1. The largest absolute Gasteiger partial charge is 0.469 e. The zero-order chi connectivity index (χ0) is 10.7. The Hall–Kier alpha value is -0.530. The van der Waals surface area contributed by atoms with Crippen LogP contribution in [0.1, 0.15) is 47.5 Å². The molecule has 0 aromatic rings. The van der Waals surface area contributed by atoms with E-state index < -0.39 is 0 Å². The first-order chi connectivity index (χ1) is 5.85. The number of hydrogen-bond donors (Lipinski definition) is 0. The summed E-state index contributed by atoms with van der Waals surface area (Å²) >= 11 is 0. The van der Waals surface area contributed by atoms with Gasteiger partial charge in [0.15, 0.2) is 0 Å². The minimum absolute atomic E-state index is 0.00512. The minimum Gasteiger partial charge on any atom is -0.469 e. The number of ether oxygens (including phenoxy) is 1. The van der Waals surface area contributed by atoms with E-state index in [2.05, 4.69) is 20.8 Å². The predicted molar refractivity (Wildman–Crippen MR) is 54.5 cm³/mol. The molecule has 0 aliphatic heterocycles. The van der Waals surface area contributed by atoms with Gasteiger partial charge >= 0.3 is 5.97 Å². The predicted octanol–water partition coefficient (Wildman–Crippen LogP) is 3.01. The standard InChI is InChI=1S/C11H22O2/c1-7-10(3,4)11(5,8-2)9(12)13-6/h7-8H2,1-6H3. The van der Waals surface area contributed by atoms with E-state index >= 15 is 0 Å². The molecule has 1 unspecified atom stereocenters. The molecule has 13 heavy (non-hydrogen) atoms. The van der Waals surface area contributed by atoms with Crippen LogP contribution in [0.2, 0.25) is 0 Å². The summed E-state index contributed by atoms with van der Waals surface area (Å²) in [6, 6.07) is 0. The van der Waals surface area contributed by atoms with Gasteiger partial charge in [0.05, 0.1) is 12.5 Å². The number of hydrogen-bond acceptors (Lipinski definition) is 2. The highest BCUT2D eigenvalue weighted by Crippen LogP contribution is 2.44. The van der Waals surface area contributed by atoms with Crippen molar-refractivity contribution in [3.63, 3.8) is 0 Å². The Morgan fingerprint density at radius 2 is 1.62 bits per heavy atom. The molecule has 0 aromatic heterocycles. The van der Waals surface area contributed by atoms with Crippen LogP contribution in [-0.2, 0) is 9.53 Å². The van der Waals surface area contributed by atoms with Gasteiger partial charge < -0.3 is 4.74 Å². The Morgan fingerprint density at radius 1 is 1.15 bits per heavy atom. The van der Waals surface area contributed by atoms with Crippen LogP contribution < -0.4 is 0 Å². The van der Waals surface area contributed by atoms with Gasteiger partial charge in [-0.2, -0.15) is 0 Å². The van der Waals surface area contributed by atoms with Crippen LogP contribution in [0.5, 0.6) is 0 Å². The Balaban J connectivity index is 4.93. The second-order valence-corrected chi connectivity index (χ2v) is 4.41. The van der Waals surface area contributed by atoms with Crippen LogP contribution in [0.4, 0.5) is 0 Å². The molecule has 0 spiro atoms. The fraction of sp³-hybridized carbons (Fsp3) is 0.909. The molecule has 0 saturated heterocycles. The quantitative estimate of drug-likeness (QED) is 0.631. The molecule has 1 atom stereocenters. The molecule has 0 aliphatic rings. The fourth-order valence-electron chi connectivity index (χ4n) is 1.51. The van der Waals surface area contributed by atoms with Gasteiger partial charge in [0.1, 0.15) is 0 Å². The minimum atomic E-state index is -0.365. The van der Waals surface area contributed by atoms with Crippen LogP contribution in [0.25, 0.3) is 0 Å². The number of rotatable bonds is 4. The van der Waals surface area contributed by atoms with Crippen LogP contribution in [0.15, 0.2) is 0 Å². The first-order valence-corrected chi connectivity index (χ1v) is 4.94. The van der Waals surface area contributed by atoms with Crippen LogP contribution in [0.3, 0.4) is 0 Å². The van der Waals surface area contributed by atoms with Crippen LogP contribution >= 0.6 is 0 Å². The van der Waals surface area contributed by atoms with E-state index in [0.717, 1.165) is 12.8 Å². The Bertz CT molecular complexity index is 185. The summed E-state index contributed by atoms with van der Waals surface area (Å²) in [6.45, 7) is 10.4. The molecule has 2 nitrogen and oxygen atoms in total. The third kappa shape index (κ3) is 2.04. The molecular weight excluding hydrogens is 164 g/mol. The van der Waals surface area contributed by atoms with Gasteiger partial charge in [0.25, 0.3) is 0 Å². The van der Waals surface area contributed by atoms with Crippen molar-refractivity contribution in [1.82, 2.24) is 0 Å². The molecule has 0 N–H and O–H groups in total. The van der Waals surface area contributed by atoms with Gasteiger partial charge in [-0.25, -0.2) is 0 Å². The maximum atomic E-state index is 11.6. The lowest BCUT2D eigenvalue weighted by atomic mass is 9.64. The molecule has 0 radical (unpaired) electrons. The maximum absolute atomic E-state index is 11.6. The van der Waals surface area contributed by atoms with E-state index in [1.54, 1.807) is 0 Å². The highest BCUT2D eigenvalue weighted by Gasteiger charge is 2.45. The highest BCUT2D eigenvalue weighted by molar-refractivity contribution is 5.77. The summed E-state index contributed by atoms with van der Waals surface area (Å²) < 4.78 is 4.86. The Kier molecular flexibility index (Phi) is 3.95. The van der Waals surface area contributed by atoms with E-state index in [-0.39, 0.29) is 16.8 Å².